The molecule has 4 nitrogen and oxygen atoms in total. The highest BCUT2D eigenvalue weighted by molar-refractivity contribution is 6.30. The summed E-state index contributed by atoms with van der Waals surface area (Å²) < 4.78 is 33.8. The van der Waals surface area contributed by atoms with Crippen LogP contribution >= 0.6 is 11.6 Å². The van der Waals surface area contributed by atoms with Gasteiger partial charge < -0.3 is 4.74 Å². The smallest absolute Gasteiger partial charge is 0.329 e. The summed E-state index contributed by atoms with van der Waals surface area (Å²) in [5.74, 6) is -3.90. The molecule has 0 spiro atoms. The zero-order valence-corrected chi connectivity index (χ0v) is 17.8. The van der Waals surface area contributed by atoms with Crippen LogP contribution in [-0.2, 0) is 11.2 Å². The number of aryl methyl sites for hydroxylation is 1. The number of benzene rings is 1. The second-order valence-electron chi connectivity index (χ2n) is 7.39. The van der Waals surface area contributed by atoms with Gasteiger partial charge in [0, 0.05) is 12.4 Å². The second kappa shape index (κ2) is 11.2. The van der Waals surface area contributed by atoms with Gasteiger partial charge in [-0.2, -0.15) is 4.39 Å². The van der Waals surface area contributed by atoms with E-state index in [1.165, 1.54) is 31.4 Å². The Bertz CT molecular complexity index is 813. The van der Waals surface area contributed by atoms with Gasteiger partial charge in [0.2, 0.25) is 5.82 Å². The molecule has 1 atom stereocenters. The molecule has 0 aliphatic rings. The van der Waals surface area contributed by atoms with Crippen LogP contribution < -0.4 is 4.74 Å². The monoisotopic (exact) mass is 424 g/mol. The molecule has 158 valence electrons. The molecule has 1 heterocycles. The molecule has 29 heavy (non-hydrogen) atoms. The minimum Gasteiger partial charge on any atom is -0.422 e. The topological polar surface area (TPSA) is 52.1 Å². The first kappa shape index (κ1) is 23.2. The maximum Gasteiger partial charge on any atom is 0.329 e. The molecule has 1 aromatic carbocycles. The summed E-state index contributed by atoms with van der Waals surface area (Å²) in [6.45, 7) is 5.63. The van der Waals surface area contributed by atoms with Crippen LogP contribution in [0.15, 0.2) is 24.5 Å². The quantitative estimate of drug-likeness (QED) is 0.200. The van der Waals surface area contributed by atoms with E-state index in [0.29, 0.717) is 0 Å². The number of nitrogens with zero attached hydrogens (tertiary/aromatic N) is 2. The molecule has 0 aliphatic heterocycles. The molecule has 1 aromatic heterocycles. The van der Waals surface area contributed by atoms with Gasteiger partial charge in [0.1, 0.15) is 5.38 Å². The molecule has 0 amide bonds. The van der Waals surface area contributed by atoms with Crippen molar-refractivity contribution in [1.82, 2.24) is 9.97 Å². The average molecular weight is 425 g/mol. The van der Waals surface area contributed by atoms with Crippen LogP contribution in [0.4, 0.5) is 8.78 Å². The molecule has 1 unspecified atom stereocenters. The van der Waals surface area contributed by atoms with Crippen LogP contribution in [0.3, 0.4) is 0 Å². The molecule has 0 radical (unpaired) electrons. The Morgan fingerprint density at radius 3 is 2.34 bits per heavy atom. The first-order valence-electron chi connectivity index (χ1n) is 10.00. The van der Waals surface area contributed by atoms with Crippen LogP contribution in [0.2, 0.25) is 0 Å². The minimum absolute atomic E-state index is 0.0754. The van der Waals surface area contributed by atoms with Gasteiger partial charge in [-0.3, -0.25) is 4.79 Å². The summed E-state index contributed by atoms with van der Waals surface area (Å²) in [7, 11) is 0. The zero-order valence-electron chi connectivity index (χ0n) is 17.1. The number of ether oxygens (including phenoxy) is 1. The van der Waals surface area contributed by atoms with Crippen LogP contribution in [0.5, 0.6) is 5.75 Å². The van der Waals surface area contributed by atoms with Gasteiger partial charge >= 0.3 is 5.97 Å². The predicted octanol–water partition coefficient (Wildman–Crippen LogP) is 6.10. The lowest BCUT2D eigenvalue weighted by atomic mass is 10.1. The first-order chi connectivity index (χ1) is 13.8. The number of alkyl halides is 1. The van der Waals surface area contributed by atoms with E-state index in [1.54, 1.807) is 26.2 Å². The molecule has 0 N–H and O–H groups in total. The van der Waals surface area contributed by atoms with Gasteiger partial charge in [0.05, 0.1) is 5.56 Å². The SMILES string of the molecule is CCCCCCCc1cnc(-c2ccc(OC(=O)C(Cl)C(C)C)c(F)c2F)nc1. The fourth-order valence-electron chi connectivity index (χ4n) is 2.78. The maximum atomic E-state index is 14.5. The summed E-state index contributed by atoms with van der Waals surface area (Å²) >= 11 is 5.90. The van der Waals surface area contributed by atoms with Gasteiger partial charge in [-0.15, -0.1) is 11.6 Å². The molecule has 2 rings (SSSR count). The number of aromatic nitrogens is 2. The van der Waals surface area contributed by atoms with Crippen LogP contribution in [0.1, 0.15) is 58.4 Å². The Labute approximate surface area is 175 Å². The van der Waals surface area contributed by atoms with Crippen molar-refractivity contribution in [3.8, 4) is 17.1 Å². The highest BCUT2D eigenvalue weighted by Crippen LogP contribution is 2.29. The molecule has 0 saturated heterocycles. The van der Waals surface area contributed by atoms with Crippen LogP contribution in [0.25, 0.3) is 11.4 Å². The highest BCUT2D eigenvalue weighted by atomic mass is 35.5. The van der Waals surface area contributed by atoms with Gasteiger partial charge in [-0.05, 0) is 36.5 Å². The van der Waals surface area contributed by atoms with E-state index in [9.17, 15) is 13.6 Å². The van der Waals surface area contributed by atoms with Crippen molar-refractivity contribution in [2.45, 2.75) is 64.7 Å². The second-order valence-corrected chi connectivity index (χ2v) is 7.86. The standard InChI is InChI=1S/C22H27ClF2N2O2/c1-4-5-6-7-8-9-15-12-26-21(27-13-15)16-10-11-17(20(25)19(16)24)29-22(28)18(23)14(2)3/h10-14,18H,4-9H2,1-3H3. The molecule has 0 bridgehead atoms. The van der Waals surface area contributed by atoms with Crippen LogP contribution in [0, 0.1) is 17.6 Å². The van der Waals surface area contributed by atoms with Crippen molar-refractivity contribution >= 4 is 17.6 Å². The third kappa shape index (κ3) is 6.46. The molecule has 2 aromatic rings. The normalized spacial score (nSPS) is 12.2. The van der Waals surface area contributed by atoms with Gasteiger partial charge in [-0.1, -0.05) is 46.5 Å². The third-order valence-electron chi connectivity index (χ3n) is 4.58. The van der Waals surface area contributed by atoms with Crippen LogP contribution in [-0.4, -0.2) is 21.3 Å². The predicted molar refractivity (Wildman–Crippen MR) is 110 cm³/mol. The fraction of sp³-hybridized carbons (Fsp3) is 0.500. The summed E-state index contributed by atoms with van der Waals surface area (Å²) in [6.07, 6.45) is 9.95. The summed E-state index contributed by atoms with van der Waals surface area (Å²) in [6, 6.07) is 2.47. The minimum atomic E-state index is -1.27. The number of hydrogen-bond donors (Lipinski definition) is 0. The van der Waals surface area contributed by atoms with E-state index in [-0.39, 0.29) is 17.3 Å². The lowest BCUT2D eigenvalue weighted by Crippen LogP contribution is -2.26. The number of halogens is 3. The lowest BCUT2D eigenvalue weighted by Gasteiger charge is -2.13. The van der Waals surface area contributed by atoms with E-state index >= 15 is 0 Å². The highest BCUT2D eigenvalue weighted by Gasteiger charge is 2.25. The van der Waals surface area contributed by atoms with E-state index < -0.39 is 28.7 Å². The van der Waals surface area contributed by atoms with Crippen molar-refractivity contribution in [3.63, 3.8) is 0 Å². The van der Waals surface area contributed by atoms with E-state index in [2.05, 4.69) is 16.9 Å². The molecule has 0 aliphatic carbocycles. The largest absolute Gasteiger partial charge is 0.422 e. The number of carbonyl (C=O) groups is 1. The average Bonchev–Trinajstić information content (AvgIpc) is 2.71. The summed E-state index contributed by atoms with van der Waals surface area (Å²) in [4.78, 5) is 20.2. The van der Waals surface area contributed by atoms with Crippen molar-refractivity contribution in [2.75, 3.05) is 0 Å². The Hall–Kier alpha value is -2.08. The molecule has 7 heteroatoms. The van der Waals surface area contributed by atoms with Crippen molar-refractivity contribution in [2.24, 2.45) is 5.92 Å². The molecular formula is C22H27ClF2N2O2. The maximum absolute atomic E-state index is 14.5. The van der Waals surface area contributed by atoms with Gasteiger partial charge in [-0.25, -0.2) is 14.4 Å². The Balaban J connectivity index is 2.07. The van der Waals surface area contributed by atoms with Crippen molar-refractivity contribution in [3.05, 3.63) is 41.7 Å². The number of esters is 1. The van der Waals surface area contributed by atoms with E-state index in [0.717, 1.165) is 24.8 Å². The Kier molecular flexibility index (Phi) is 8.96. The Morgan fingerprint density at radius 2 is 1.72 bits per heavy atom. The molecule has 0 fully saturated rings. The Morgan fingerprint density at radius 1 is 1.07 bits per heavy atom. The number of unbranched alkanes of at least 4 members (excludes halogenated alkanes) is 4. The fourth-order valence-corrected chi connectivity index (χ4v) is 2.82. The van der Waals surface area contributed by atoms with Crippen molar-refractivity contribution < 1.29 is 18.3 Å². The lowest BCUT2D eigenvalue weighted by molar-refractivity contribution is -0.134. The number of rotatable bonds is 10. The van der Waals surface area contributed by atoms with Gasteiger partial charge in [0.25, 0.3) is 0 Å². The van der Waals surface area contributed by atoms with E-state index in [4.69, 9.17) is 16.3 Å². The first-order valence-corrected chi connectivity index (χ1v) is 10.4. The van der Waals surface area contributed by atoms with Crippen molar-refractivity contribution in [1.29, 1.82) is 0 Å². The summed E-state index contributed by atoms with van der Waals surface area (Å²) in [5.41, 5.74) is 0.863. The molecule has 0 saturated carbocycles. The zero-order chi connectivity index (χ0) is 21.4. The number of carbonyl (C=O) groups excluding carboxylic acids is 1. The van der Waals surface area contributed by atoms with Gasteiger partial charge in [0.15, 0.2) is 17.4 Å². The summed E-state index contributed by atoms with van der Waals surface area (Å²) in [5, 5.41) is -0.949. The molecular weight excluding hydrogens is 398 g/mol. The third-order valence-corrected chi connectivity index (χ3v) is 5.27. The van der Waals surface area contributed by atoms with E-state index in [1.807, 2.05) is 0 Å². The number of hydrogen-bond acceptors (Lipinski definition) is 4.